The maximum atomic E-state index is 11.8. The van der Waals surface area contributed by atoms with E-state index in [1.807, 2.05) is 45.0 Å². The average molecular weight is 330 g/mol. The van der Waals surface area contributed by atoms with E-state index in [9.17, 15) is 4.79 Å². The molecule has 0 bridgehead atoms. The van der Waals surface area contributed by atoms with Crippen molar-refractivity contribution in [2.45, 2.75) is 51.3 Å². The number of anilines is 1. The van der Waals surface area contributed by atoms with Gasteiger partial charge in [0.05, 0.1) is 11.4 Å². The van der Waals surface area contributed by atoms with E-state index in [0.29, 0.717) is 6.04 Å². The summed E-state index contributed by atoms with van der Waals surface area (Å²) in [6.45, 7) is 5.56. The highest BCUT2D eigenvalue weighted by molar-refractivity contribution is 5.68. The molecule has 3 rings (SSSR count). The van der Waals surface area contributed by atoms with Gasteiger partial charge in [-0.25, -0.2) is 4.79 Å². The van der Waals surface area contributed by atoms with Crippen molar-refractivity contribution in [1.82, 2.24) is 25.5 Å². The van der Waals surface area contributed by atoms with Crippen LogP contribution >= 0.6 is 0 Å². The zero-order valence-corrected chi connectivity index (χ0v) is 14.1. The van der Waals surface area contributed by atoms with Crippen LogP contribution in [0.25, 0.3) is 5.69 Å². The highest BCUT2D eigenvalue weighted by atomic mass is 16.6. The van der Waals surface area contributed by atoms with Crippen LogP contribution in [0, 0.1) is 0 Å². The number of carbonyl (C=O) groups excluding carboxylic acids is 1. The summed E-state index contributed by atoms with van der Waals surface area (Å²) >= 11 is 0. The number of nitrogens with one attached hydrogen (secondary N) is 2. The Hall–Kier alpha value is -2.64. The quantitative estimate of drug-likeness (QED) is 0.892. The molecule has 2 aromatic rings. The standard InChI is InChI=1S/C16H22N6O2/c1-16(2,3)24-15(23)19-12-8-11(9-12)18-13-6-4-5-7-14(13)22-10-17-20-21-22/h4-7,10-12,18H,8-9H2,1-3H3,(H,19,23). The zero-order valence-electron chi connectivity index (χ0n) is 14.1. The maximum Gasteiger partial charge on any atom is 0.407 e. The predicted molar refractivity (Wildman–Crippen MR) is 89.0 cm³/mol. The monoisotopic (exact) mass is 330 g/mol. The smallest absolute Gasteiger partial charge is 0.407 e. The van der Waals surface area contributed by atoms with E-state index in [0.717, 1.165) is 24.2 Å². The molecule has 8 nitrogen and oxygen atoms in total. The van der Waals surface area contributed by atoms with Crippen molar-refractivity contribution in [2.24, 2.45) is 0 Å². The number of tetrazole rings is 1. The normalized spacial score (nSPS) is 20.1. The molecular weight excluding hydrogens is 308 g/mol. The Kier molecular flexibility index (Phi) is 4.37. The summed E-state index contributed by atoms with van der Waals surface area (Å²) in [5.41, 5.74) is 1.38. The van der Waals surface area contributed by atoms with Crippen LogP contribution < -0.4 is 10.6 Å². The largest absolute Gasteiger partial charge is 0.444 e. The molecule has 0 spiro atoms. The second-order valence-corrected chi connectivity index (χ2v) is 6.93. The predicted octanol–water partition coefficient (Wildman–Crippen LogP) is 2.13. The van der Waals surface area contributed by atoms with Crippen LogP contribution in [0.3, 0.4) is 0 Å². The van der Waals surface area contributed by atoms with E-state index in [1.54, 1.807) is 11.0 Å². The van der Waals surface area contributed by atoms with Gasteiger partial charge in [0.25, 0.3) is 0 Å². The molecule has 8 heteroatoms. The minimum absolute atomic E-state index is 0.137. The Balaban J connectivity index is 1.53. The van der Waals surface area contributed by atoms with Crippen molar-refractivity contribution < 1.29 is 9.53 Å². The first kappa shape index (κ1) is 16.2. The third kappa shape index (κ3) is 4.01. The number of alkyl carbamates (subject to hydrolysis) is 1. The lowest BCUT2D eigenvalue weighted by Crippen LogP contribution is -2.50. The second kappa shape index (κ2) is 6.46. The number of hydrogen-bond donors (Lipinski definition) is 2. The lowest BCUT2D eigenvalue weighted by atomic mass is 9.86. The van der Waals surface area contributed by atoms with Crippen molar-refractivity contribution in [3.05, 3.63) is 30.6 Å². The first-order chi connectivity index (χ1) is 11.4. The van der Waals surface area contributed by atoms with Crippen molar-refractivity contribution in [3.63, 3.8) is 0 Å². The Bertz CT molecular complexity index is 689. The molecule has 1 fully saturated rings. The third-order valence-corrected chi connectivity index (χ3v) is 3.72. The van der Waals surface area contributed by atoms with E-state index in [2.05, 4.69) is 26.2 Å². The molecule has 0 aliphatic heterocycles. The van der Waals surface area contributed by atoms with Gasteiger partial charge in [0, 0.05) is 12.1 Å². The Morgan fingerprint density at radius 1 is 1.25 bits per heavy atom. The second-order valence-electron chi connectivity index (χ2n) is 6.93. The number of aromatic nitrogens is 4. The van der Waals surface area contributed by atoms with Crippen molar-refractivity contribution in [3.8, 4) is 5.69 Å². The summed E-state index contributed by atoms with van der Waals surface area (Å²) in [5.74, 6) is 0. The minimum atomic E-state index is -0.476. The van der Waals surface area contributed by atoms with Crippen molar-refractivity contribution in [1.29, 1.82) is 0 Å². The van der Waals surface area contributed by atoms with Crippen molar-refractivity contribution >= 4 is 11.8 Å². The summed E-state index contributed by atoms with van der Waals surface area (Å²) in [6, 6.07) is 8.28. The molecule has 1 aromatic carbocycles. The van der Waals surface area contributed by atoms with Crippen LogP contribution in [0.1, 0.15) is 33.6 Å². The molecule has 128 valence electrons. The molecule has 0 atom stereocenters. The van der Waals surface area contributed by atoms with Gasteiger partial charge < -0.3 is 15.4 Å². The van der Waals surface area contributed by atoms with Gasteiger partial charge in [-0.15, -0.1) is 5.10 Å². The molecule has 24 heavy (non-hydrogen) atoms. The summed E-state index contributed by atoms with van der Waals surface area (Å²) in [7, 11) is 0. The average Bonchev–Trinajstić information content (AvgIpc) is 2.97. The van der Waals surface area contributed by atoms with E-state index < -0.39 is 5.60 Å². The molecule has 1 amide bonds. The Morgan fingerprint density at radius 3 is 2.67 bits per heavy atom. The van der Waals surface area contributed by atoms with Gasteiger partial charge in [0.2, 0.25) is 0 Å². The SMILES string of the molecule is CC(C)(C)OC(=O)NC1CC(Nc2ccccc2-n2cnnn2)C1. The Morgan fingerprint density at radius 2 is 2.00 bits per heavy atom. The van der Waals surface area contributed by atoms with Crippen LogP contribution in [0.5, 0.6) is 0 Å². The van der Waals surface area contributed by atoms with E-state index >= 15 is 0 Å². The van der Waals surface area contributed by atoms with Crippen LogP contribution in [-0.2, 0) is 4.74 Å². The van der Waals surface area contributed by atoms with Crippen molar-refractivity contribution in [2.75, 3.05) is 5.32 Å². The van der Waals surface area contributed by atoms with Gasteiger partial charge >= 0.3 is 6.09 Å². The maximum absolute atomic E-state index is 11.8. The lowest BCUT2D eigenvalue weighted by molar-refractivity contribution is 0.0475. The highest BCUT2D eigenvalue weighted by Gasteiger charge is 2.32. The van der Waals surface area contributed by atoms with E-state index in [4.69, 9.17) is 4.74 Å². The van der Waals surface area contributed by atoms with Gasteiger partial charge in [-0.1, -0.05) is 12.1 Å². The van der Waals surface area contributed by atoms with Gasteiger partial charge in [0.1, 0.15) is 11.9 Å². The first-order valence-corrected chi connectivity index (χ1v) is 7.99. The fraction of sp³-hybridized carbons (Fsp3) is 0.500. The van der Waals surface area contributed by atoms with Gasteiger partial charge in [-0.05, 0) is 56.2 Å². The van der Waals surface area contributed by atoms with E-state index in [-0.39, 0.29) is 12.1 Å². The topological polar surface area (TPSA) is 94.0 Å². The van der Waals surface area contributed by atoms with Gasteiger partial charge in [-0.2, -0.15) is 4.68 Å². The molecular formula is C16H22N6O2. The molecule has 2 N–H and O–H groups in total. The molecule has 1 aliphatic rings. The molecule has 0 saturated heterocycles. The van der Waals surface area contributed by atoms with Gasteiger partial charge in [-0.3, -0.25) is 0 Å². The lowest BCUT2D eigenvalue weighted by Gasteiger charge is -2.37. The number of nitrogens with zero attached hydrogens (tertiary/aromatic N) is 4. The summed E-state index contributed by atoms with van der Waals surface area (Å²) in [6.07, 6.45) is 2.90. The molecule has 1 aromatic heterocycles. The molecule has 1 aliphatic carbocycles. The fourth-order valence-corrected chi connectivity index (χ4v) is 2.61. The number of para-hydroxylation sites is 2. The number of benzene rings is 1. The van der Waals surface area contributed by atoms with Gasteiger partial charge in [0.15, 0.2) is 0 Å². The number of ether oxygens (including phenoxy) is 1. The summed E-state index contributed by atoms with van der Waals surface area (Å²) in [4.78, 5) is 11.8. The molecule has 0 radical (unpaired) electrons. The van der Waals surface area contributed by atoms with Crippen LogP contribution in [0.4, 0.5) is 10.5 Å². The zero-order chi connectivity index (χ0) is 17.2. The summed E-state index contributed by atoms with van der Waals surface area (Å²) in [5, 5.41) is 17.6. The van der Waals surface area contributed by atoms with E-state index in [1.165, 1.54) is 0 Å². The van der Waals surface area contributed by atoms with Crippen LogP contribution in [0.2, 0.25) is 0 Å². The molecule has 1 saturated carbocycles. The number of hydrogen-bond acceptors (Lipinski definition) is 6. The Labute approximate surface area is 140 Å². The van der Waals surface area contributed by atoms with Crippen LogP contribution in [0.15, 0.2) is 30.6 Å². The number of amides is 1. The highest BCUT2D eigenvalue weighted by Crippen LogP contribution is 2.27. The fourth-order valence-electron chi connectivity index (χ4n) is 2.61. The first-order valence-electron chi connectivity index (χ1n) is 7.99. The molecule has 1 heterocycles. The summed E-state index contributed by atoms with van der Waals surface area (Å²) < 4.78 is 6.89. The minimum Gasteiger partial charge on any atom is -0.444 e. The van der Waals surface area contributed by atoms with Crippen LogP contribution in [-0.4, -0.2) is 44.0 Å². The molecule has 0 unspecified atom stereocenters. The number of rotatable bonds is 4. The number of carbonyl (C=O) groups is 1. The third-order valence-electron chi connectivity index (χ3n) is 3.72.